The largest absolute Gasteiger partial charge is 0.481 e. The number of aryl methyl sites for hydroxylation is 1. The Labute approximate surface area is 220 Å². The average molecular weight is 516 g/mol. The van der Waals surface area contributed by atoms with Crippen LogP contribution in [0.15, 0.2) is 73.1 Å². The van der Waals surface area contributed by atoms with Gasteiger partial charge < -0.3 is 26.0 Å². The van der Waals surface area contributed by atoms with E-state index in [1.165, 1.54) is 11.1 Å². The number of amides is 4. The molecular formula is C28H29N5O5. The van der Waals surface area contributed by atoms with Crippen LogP contribution in [0.5, 0.6) is 0 Å². The number of carbonyl (C=O) groups is 4. The van der Waals surface area contributed by atoms with Gasteiger partial charge in [-0.1, -0.05) is 42.5 Å². The number of anilines is 2. The first-order valence-corrected chi connectivity index (χ1v) is 12.2. The fourth-order valence-corrected chi connectivity index (χ4v) is 4.29. The summed E-state index contributed by atoms with van der Waals surface area (Å²) >= 11 is 0. The van der Waals surface area contributed by atoms with E-state index >= 15 is 0 Å². The van der Waals surface area contributed by atoms with Crippen LogP contribution in [0.25, 0.3) is 0 Å². The number of hydrogen-bond donors (Lipinski definition) is 4. The maximum atomic E-state index is 13.0. The summed E-state index contributed by atoms with van der Waals surface area (Å²) in [6, 6.07) is 17.0. The van der Waals surface area contributed by atoms with Gasteiger partial charge in [0.05, 0.1) is 18.4 Å². The number of nitrogens with one attached hydrogen (secondary N) is 3. The molecule has 4 amide bonds. The number of aromatic nitrogens is 1. The number of pyridine rings is 1. The van der Waals surface area contributed by atoms with Crippen LogP contribution in [0.2, 0.25) is 0 Å². The third kappa shape index (κ3) is 6.73. The first-order chi connectivity index (χ1) is 18.3. The standard InChI is InChI=1S/C28H29N5O5/c1-18-9-10-22(13-23(18)32-28(38)30-15-19-6-3-2-4-7-19)33-17-21(12-25(33)34)27(37)31-24(14-26(35)36)20-8-5-11-29-16-20/h2-11,13,16,21,24H,12,14-15,17H2,1H3,(H,31,37)(H,35,36)(H2,30,32,38). The van der Waals surface area contributed by atoms with Gasteiger partial charge in [-0.25, -0.2) is 4.79 Å². The van der Waals surface area contributed by atoms with E-state index in [0.29, 0.717) is 23.5 Å². The minimum Gasteiger partial charge on any atom is -0.481 e. The summed E-state index contributed by atoms with van der Waals surface area (Å²) in [5, 5.41) is 17.7. The van der Waals surface area contributed by atoms with Crippen molar-refractivity contribution in [1.82, 2.24) is 15.6 Å². The highest BCUT2D eigenvalue weighted by Gasteiger charge is 2.36. The normalized spacial score (nSPS) is 15.6. The Hall–Kier alpha value is -4.73. The average Bonchev–Trinajstić information content (AvgIpc) is 3.31. The molecule has 0 spiro atoms. The molecule has 0 saturated carbocycles. The number of carboxylic acid groups (broad SMARTS) is 1. The summed E-state index contributed by atoms with van der Waals surface area (Å²) in [5.41, 5.74) is 3.46. The van der Waals surface area contributed by atoms with E-state index in [-0.39, 0.29) is 31.3 Å². The first kappa shape index (κ1) is 26.3. The van der Waals surface area contributed by atoms with Gasteiger partial charge in [0.2, 0.25) is 11.8 Å². The Balaban J connectivity index is 1.40. The van der Waals surface area contributed by atoms with Crippen molar-refractivity contribution in [2.24, 2.45) is 5.92 Å². The molecule has 196 valence electrons. The molecule has 0 aliphatic carbocycles. The number of hydrogen-bond acceptors (Lipinski definition) is 5. The van der Waals surface area contributed by atoms with Gasteiger partial charge in [0.1, 0.15) is 0 Å². The van der Waals surface area contributed by atoms with Gasteiger partial charge >= 0.3 is 12.0 Å². The van der Waals surface area contributed by atoms with Crippen LogP contribution < -0.4 is 20.9 Å². The summed E-state index contributed by atoms with van der Waals surface area (Å²) in [6.45, 7) is 2.36. The number of rotatable bonds is 9. The van der Waals surface area contributed by atoms with E-state index in [0.717, 1.165) is 11.1 Å². The zero-order chi connectivity index (χ0) is 27.1. The van der Waals surface area contributed by atoms with Gasteiger partial charge in [0.15, 0.2) is 0 Å². The molecule has 2 aromatic carbocycles. The maximum absolute atomic E-state index is 13.0. The molecular weight excluding hydrogens is 486 g/mol. The van der Waals surface area contributed by atoms with E-state index in [1.54, 1.807) is 36.5 Å². The molecule has 3 aromatic rings. The summed E-state index contributed by atoms with van der Waals surface area (Å²) in [4.78, 5) is 55.2. The lowest BCUT2D eigenvalue weighted by Crippen LogP contribution is -2.36. The highest BCUT2D eigenvalue weighted by Crippen LogP contribution is 2.30. The molecule has 0 radical (unpaired) electrons. The fourth-order valence-electron chi connectivity index (χ4n) is 4.29. The van der Waals surface area contributed by atoms with Crippen molar-refractivity contribution in [2.75, 3.05) is 16.8 Å². The molecule has 1 aliphatic rings. The predicted octanol–water partition coefficient (Wildman–Crippen LogP) is 3.40. The Morgan fingerprint density at radius 3 is 2.61 bits per heavy atom. The Kier molecular flexibility index (Phi) is 8.32. The van der Waals surface area contributed by atoms with Crippen molar-refractivity contribution in [2.45, 2.75) is 32.4 Å². The number of aliphatic carboxylic acids is 1. The SMILES string of the molecule is Cc1ccc(N2CC(C(=O)NC(CC(=O)O)c3cccnc3)CC2=O)cc1NC(=O)NCc1ccccc1. The number of urea groups is 1. The minimum atomic E-state index is -1.06. The van der Waals surface area contributed by atoms with E-state index in [9.17, 15) is 24.3 Å². The Morgan fingerprint density at radius 2 is 1.89 bits per heavy atom. The number of carbonyl (C=O) groups excluding carboxylic acids is 3. The maximum Gasteiger partial charge on any atom is 0.319 e. The first-order valence-electron chi connectivity index (χ1n) is 12.2. The molecule has 0 bridgehead atoms. The predicted molar refractivity (Wildman–Crippen MR) is 141 cm³/mol. The topological polar surface area (TPSA) is 141 Å². The highest BCUT2D eigenvalue weighted by atomic mass is 16.4. The summed E-state index contributed by atoms with van der Waals surface area (Å²) in [6.07, 6.45) is 2.76. The lowest BCUT2D eigenvalue weighted by Gasteiger charge is -2.21. The van der Waals surface area contributed by atoms with Gasteiger partial charge in [-0.2, -0.15) is 0 Å². The zero-order valence-electron chi connectivity index (χ0n) is 20.9. The molecule has 4 rings (SSSR count). The van der Waals surface area contributed by atoms with Crippen molar-refractivity contribution in [3.63, 3.8) is 0 Å². The quantitative estimate of drug-likeness (QED) is 0.344. The van der Waals surface area contributed by atoms with Gasteiger partial charge in [0.25, 0.3) is 0 Å². The molecule has 2 unspecified atom stereocenters. The Morgan fingerprint density at radius 1 is 1.11 bits per heavy atom. The van der Waals surface area contributed by atoms with Crippen LogP contribution in [0, 0.1) is 12.8 Å². The van der Waals surface area contributed by atoms with Crippen LogP contribution in [-0.4, -0.2) is 40.5 Å². The second-order valence-electron chi connectivity index (χ2n) is 9.14. The zero-order valence-corrected chi connectivity index (χ0v) is 20.9. The third-order valence-electron chi connectivity index (χ3n) is 6.35. The second kappa shape index (κ2) is 12.0. The van der Waals surface area contributed by atoms with Crippen molar-refractivity contribution in [3.05, 3.63) is 89.7 Å². The molecule has 1 fully saturated rings. The highest BCUT2D eigenvalue weighted by molar-refractivity contribution is 6.01. The van der Waals surface area contributed by atoms with Crippen molar-refractivity contribution >= 4 is 35.2 Å². The fraction of sp³-hybridized carbons (Fsp3) is 0.250. The second-order valence-corrected chi connectivity index (χ2v) is 9.14. The molecule has 1 aliphatic heterocycles. The molecule has 10 nitrogen and oxygen atoms in total. The van der Waals surface area contributed by atoms with E-state index in [4.69, 9.17) is 0 Å². The van der Waals surface area contributed by atoms with Gasteiger partial charge in [-0.3, -0.25) is 19.4 Å². The van der Waals surface area contributed by atoms with Crippen LogP contribution in [0.4, 0.5) is 16.2 Å². The van der Waals surface area contributed by atoms with Crippen LogP contribution in [-0.2, 0) is 20.9 Å². The monoisotopic (exact) mass is 515 g/mol. The van der Waals surface area contributed by atoms with Crippen molar-refractivity contribution in [1.29, 1.82) is 0 Å². The lowest BCUT2D eigenvalue weighted by molar-refractivity contribution is -0.138. The number of carboxylic acids is 1. The van der Waals surface area contributed by atoms with Crippen molar-refractivity contribution in [3.8, 4) is 0 Å². The van der Waals surface area contributed by atoms with Crippen LogP contribution in [0.1, 0.15) is 35.6 Å². The molecule has 4 N–H and O–H groups in total. The molecule has 2 heterocycles. The Bertz CT molecular complexity index is 1320. The van der Waals surface area contributed by atoms with E-state index in [1.807, 2.05) is 37.3 Å². The van der Waals surface area contributed by atoms with Gasteiger partial charge in [0, 0.05) is 43.3 Å². The summed E-state index contributed by atoms with van der Waals surface area (Å²) in [7, 11) is 0. The molecule has 1 aromatic heterocycles. The van der Waals surface area contributed by atoms with Gasteiger partial charge in [-0.15, -0.1) is 0 Å². The summed E-state index contributed by atoms with van der Waals surface area (Å²) in [5.74, 6) is -2.34. The third-order valence-corrected chi connectivity index (χ3v) is 6.35. The van der Waals surface area contributed by atoms with Crippen LogP contribution >= 0.6 is 0 Å². The summed E-state index contributed by atoms with van der Waals surface area (Å²) < 4.78 is 0. The van der Waals surface area contributed by atoms with Crippen molar-refractivity contribution < 1.29 is 24.3 Å². The molecule has 38 heavy (non-hydrogen) atoms. The lowest BCUT2D eigenvalue weighted by atomic mass is 10.0. The molecule has 2 atom stereocenters. The minimum absolute atomic E-state index is 0.00708. The number of nitrogens with zero attached hydrogens (tertiary/aromatic N) is 2. The van der Waals surface area contributed by atoms with Gasteiger partial charge in [-0.05, 0) is 41.8 Å². The molecule has 1 saturated heterocycles. The smallest absolute Gasteiger partial charge is 0.319 e. The number of benzene rings is 2. The van der Waals surface area contributed by atoms with E-state index < -0.39 is 23.8 Å². The van der Waals surface area contributed by atoms with E-state index in [2.05, 4.69) is 20.9 Å². The molecule has 10 heteroatoms. The van der Waals surface area contributed by atoms with Crippen LogP contribution in [0.3, 0.4) is 0 Å².